The van der Waals surface area contributed by atoms with Crippen LogP contribution in [-0.2, 0) is 24.3 Å². The van der Waals surface area contributed by atoms with Crippen LogP contribution < -0.4 is 0 Å². The second-order valence-corrected chi connectivity index (χ2v) is 18.2. The first kappa shape index (κ1) is 43.4. The monoisotopic (exact) mass is 827 g/mol. The maximum absolute atomic E-state index is 14.8. The molecule has 3 N–H and O–H groups in total. The van der Waals surface area contributed by atoms with Crippen LogP contribution >= 0.6 is 0 Å². The summed E-state index contributed by atoms with van der Waals surface area (Å²) in [6, 6.07) is 49.0. The minimum atomic E-state index is -1.15. The molecule has 3 aliphatic rings. The lowest BCUT2D eigenvalue weighted by Gasteiger charge is -2.46. The smallest absolute Gasteiger partial charge is 0.193 e. The third-order valence-corrected chi connectivity index (χ3v) is 13.8. The van der Waals surface area contributed by atoms with Gasteiger partial charge in [0.25, 0.3) is 0 Å². The molecule has 6 heteroatoms. The summed E-state index contributed by atoms with van der Waals surface area (Å²) in [5, 5.41) is 38.4. The van der Waals surface area contributed by atoms with Gasteiger partial charge in [-0.2, -0.15) is 0 Å². The van der Waals surface area contributed by atoms with Crippen molar-refractivity contribution in [3.8, 4) is 11.1 Å². The van der Waals surface area contributed by atoms with Crippen LogP contribution in [0.25, 0.3) is 21.9 Å². The predicted octanol–water partition coefficient (Wildman–Crippen LogP) is 10.9. The summed E-state index contributed by atoms with van der Waals surface area (Å²) in [5.74, 6) is -0.169. The number of ether oxygens (including phenoxy) is 1. The highest BCUT2D eigenvalue weighted by Crippen LogP contribution is 2.59. The van der Waals surface area contributed by atoms with Crippen molar-refractivity contribution in [2.45, 2.75) is 95.7 Å². The van der Waals surface area contributed by atoms with Gasteiger partial charge in [-0.05, 0) is 108 Å². The third-order valence-electron chi connectivity index (χ3n) is 13.8. The number of benzene rings is 6. The van der Waals surface area contributed by atoms with Crippen molar-refractivity contribution in [2.75, 3.05) is 19.7 Å². The molecule has 6 aromatic rings. The third kappa shape index (κ3) is 9.86. The lowest BCUT2D eigenvalue weighted by atomic mass is 9.64. The van der Waals surface area contributed by atoms with Gasteiger partial charge in [0.05, 0.1) is 31.0 Å². The predicted molar refractivity (Wildman–Crippen MR) is 250 cm³/mol. The molecule has 2 bridgehead atoms. The number of fused-ring (bicyclic) bond motifs is 9. The lowest BCUT2D eigenvalue weighted by molar-refractivity contribution is -0.0922. The van der Waals surface area contributed by atoms with E-state index in [-0.39, 0.29) is 18.3 Å². The number of allylic oxidation sites excluding steroid dienone is 2. The Kier molecular flexibility index (Phi) is 13.6. The molecule has 0 spiro atoms. The molecule has 0 saturated heterocycles. The molecule has 0 aliphatic heterocycles. The van der Waals surface area contributed by atoms with E-state index in [0.29, 0.717) is 69.5 Å². The fraction of sp³-hybridized carbons (Fsp3) is 0.339. The van der Waals surface area contributed by atoms with E-state index in [1.165, 1.54) is 5.57 Å². The summed E-state index contributed by atoms with van der Waals surface area (Å²) in [6.07, 6.45) is 5.59. The van der Waals surface area contributed by atoms with Crippen LogP contribution in [0.1, 0.15) is 96.5 Å². The number of hydrogen-bond donors (Lipinski definition) is 3. The van der Waals surface area contributed by atoms with Gasteiger partial charge < -0.3 is 20.1 Å². The van der Waals surface area contributed by atoms with Gasteiger partial charge in [-0.1, -0.05) is 158 Å². The van der Waals surface area contributed by atoms with E-state index in [4.69, 9.17) is 4.74 Å². The summed E-state index contributed by atoms with van der Waals surface area (Å²) in [4.78, 5) is 17.0. The summed E-state index contributed by atoms with van der Waals surface area (Å²) < 4.78 is 6.04. The van der Waals surface area contributed by atoms with Crippen LogP contribution in [0.15, 0.2) is 157 Å². The Balaban J connectivity index is 1.14. The Morgan fingerprint density at radius 1 is 0.823 bits per heavy atom. The van der Waals surface area contributed by atoms with Crippen LogP contribution in [0, 0.1) is 5.41 Å². The molecule has 0 amide bonds. The number of hydrogen-bond acceptors (Lipinski definition) is 6. The highest BCUT2D eigenvalue weighted by Gasteiger charge is 2.57. The molecule has 5 atom stereocenters. The first-order chi connectivity index (χ1) is 30.1. The Hall–Kier alpha value is -5.21. The Bertz CT molecular complexity index is 2460. The fourth-order valence-corrected chi connectivity index (χ4v) is 10.3. The molecule has 9 rings (SSSR count). The number of rotatable bonds is 13. The molecule has 1 saturated carbocycles. The Labute approximate surface area is 367 Å². The number of nitrogens with zero attached hydrogens (tertiary/aromatic N) is 1. The van der Waals surface area contributed by atoms with E-state index in [0.717, 1.165) is 57.0 Å². The van der Waals surface area contributed by atoms with Crippen molar-refractivity contribution in [3.63, 3.8) is 0 Å². The van der Waals surface area contributed by atoms with Gasteiger partial charge in [0.15, 0.2) is 5.78 Å². The van der Waals surface area contributed by atoms with Gasteiger partial charge >= 0.3 is 0 Å². The molecule has 0 heterocycles. The first-order valence-corrected chi connectivity index (χ1v) is 22.5. The van der Waals surface area contributed by atoms with E-state index < -0.39 is 23.2 Å². The van der Waals surface area contributed by atoms with Crippen molar-refractivity contribution in [2.24, 2.45) is 5.41 Å². The average Bonchev–Trinajstić information content (AvgIpc) is 3.54. The van der Waals surface area contributed by atoms with Crippen LogP contribution in [0.5, 0.6) is 0 Å². The molecule has 62 heavy (non-hydrogen) atoms. The van der Waals surface area contributed by atoms with Crippen LogP contribution in [-0.4, -0.2) is 63.5 Å². The van der Waals surface area contributed by atoms with E-state index >= 15 is 0 Å². The average molecular weight is 828 g/mol. The van der Waals surface area contributed by atoms with Gasteiger partial charge in [0.1, 0.15) is 0 Å². The van der Waals surface area contributed by atoms with Crippen molar-refractivity contribution >= 4 is 16.6 Å². The molecular formula is C56H61NO5. The highest BCUT2D eigenvalue weighted by molar-refractivity contribution is 6.10. The van der Waals surface area contributed by atoms with Gasteiger partial charge in [-0.3, -0.25) is 9.69 Å². The number of ketones is 1. The zero-order valence-corrected chi connectivity index (χ0v) is 36.3. The van der Waals surface area contributed by atoms with Crippen molar-refractivity contribution in [1.29, 1.82) is 0 Å². The number of aliphatic hydroxyl groups is 3. The number of carbonyl (C=O) groups is 1. The first-order valence-electron chi connectivity index (χ1n) is 22.5. The summed E-state index contributed by atoms with van der Waals surface area (Å²) in [6.45, 7) is 6.15. The minimum Gasteiger partial charge on any atom is -0.393 e. The molecule has 1 fully saturated rings. The van der Waals surface area contributed by atoms with Gasteiger partial charge in [-0.15, -0.1) is 0 Å². The van der Waals surface area contributed by atoms with Crippen molar-refractivity contribution < 1.29 is 24.9 Å². The van der Waals surface area contributed by atoms with E-state index in [1.807, 2.05) is 78.9 Å². The number of carbonyl (C=O) groups excluding carboxylic acids is 1. The Morgan fingerprint density at radius 2 is 1.53 bits per heavy atom. The molecule has 0 aromatic heterocycles. The minimum absolute atomic E-state index is 0.0483. The van der Waals surface area contributed by atoms with Crippen molar-refractivity contribution in [1.82, 2.24) is 4.90 Å². The zero-order chi connectivity index (χ0) is 43.1. The molecule has 6 nitrogen and oxygen atoms in total. The molecule has 6 aromatic carbocycles. The van der Waals surface area contributed by atoms with Crippen molar-refractivity contribution in [3.05, 3.63) is 191 Å². The molecule has 3 aliphatic carbocycles. The standard InChI is InChI=1S/C56H61NO5/c1-40-13-12-31-55(2)53(51-29-23-42(33-48(58)28-22-40)34-52(51)54(60)46-26-24-44(25-27-46)43-16-7-4-8-17-43)30-32-56(55,61)39-57(35-47-20-11-19-45-18-9-10-21-50(45)47)36-49(59)38-62-37-41-14-5-3-6-15-41/h3-11,13-21,23-27,29,34,48-49,53,58-59,61H,12,22,28,30-33,35-39H2,1-2H3. The van der Waals surface area contributed by atoms with Gasteiger partial charge in [0, 0.05) is 36.2 Å². The van der Waals surface area contributed by atoms with E-state index in [9.17, 15) is 20.1 Å². The lowest BCUT2D eigenvalue weighted by Crippen LogP contribution is -2.53. The second kappa shape index (κ2) is 19.5. The SMILES string of the molecule is CC1=CCCC2(C)C(CCC2(O)CN(Cc2cccc3ccccc23)CC(O)COCc2ccccc2)c2ccc(cc2C(=O)c2ccc(-c3ccccc3)cc2)CC(O)CC1. The fourth-order valence-electron chi connectivity index (χ4n) is 10.3. The zero-order valence-electron chi connectivity index (χ0n) is 36.3. The summed E-state index contributed by atoms with van der Waals surface area (Å²) in [5.41, 5.74) is 6.92. The quantitative estimate of drug-likeness (QED) is 0.0794. The normalized spacial score (nSPS) is 22.3. The van der Waals surface area contributed by atoms with E-state index in [1.54, 1.807) is 0 Å². The number of aliphatic hydroxyl groups excluding tert-OH is 2. The van der Waals surface area contributed by atoms with Gasteiger partial charge in [0.2, 0.25) is 0 Å². The summed E-state index contributed by atoms with van der Waals surface area (Å²) in [7, 11) is 0. The molecular weight excluding hydrogens is 767 g/mol. The van der Waals surface area contributed by atoms with Crippen LogP contribution in [0.4, 0.5) is 0 Å². The van der Waals surface area contributed by atoms with Crippen LogP contribution in [0.2, 0.25) is 0 Å². The van der Waals surface area contributed by atoms with Gasteiger partial charge in [-0.25, -0.2) is 0 Å². The molecule has 5 unspecified atom stereocenters. The Morgan fingerprint density at radius 3 is 2.32 bits per heavy atom. The second-order valence-electron chi connectivity index (χ2n) is 18.2. The van der Waals surface area contributed by atoms with E-state index in [2.05, 4.69) is 91.6 Å². The molecule has 320 valence electrons. The summed E-state index contributed by atoms with van der Waals surface area (Å²) >= 11 is 0. The maximum Gasteiger partial charge on any atom is 0.193 e. The van der Waals surface area contributed by atoms with Crippen LogP contribution in [0.3, 0.4) is 0 Å². The topological polar surface area (TPSA) is 90.2 Å². The largest absolute Gasteiger partial charge is 0.393 e. The molecule has 0 radical (unpaired) electrons. The maximum atomic E-state index is 14.8. The highest BCUT2D eigenvalue weighted by atomic mass is 16.5.